The summed E-state index contributed by atoms with van der Waals surface area (Å²) in [6.45, 7) is 1.81. The molecule has 19 heavy (non-hydrogen) atoms. The largest absolute Gasteiger partial charge is 0.462 e. The first-order chi connectivity index (χ1) is 9.19. The smallest absolute Gasteiger partial charge is 0.350 e. The summed E-state index contributed by atoms with van der Waals surface area (Å²) >= 11 is 0. The zero-order valence-electron chi connectivity index (χ0n) is 10.3. The number of hydrazine groups is 1. The van der Waals surface area contributed by atoms with E-state index in [9.17, 15) is 9.59 Å². The second-order valence-electron chi connectivity index (χ2n) is 3.35. The molecule has 6 nitrogen and oxygen atoms in total. The summed E-state index contributed by atoms with van der Waals surface area (Å²) in [5, 5.41) is 8.73. The van der Waals surface area contributed by atoms with E-state index in [-0.39, 0.29) is 18.1 Å². The fourth-order valence-corrected chi connectivity index (χ4v) is 1.18. The maximum atomic E-state index is 11.6. The van der Waals surface area contributed by atoms with E-state index in [0.29, 0.717) is 5.56 Å². The Morgan fingerprint density at radius 2 is 2.05 bits per heavy atom. The van der Waals surface area contributed by atoms with Gasteiger partial charge >= 0.3 is 5.97 Å². The Morgan fingerprint density at radius 1 is 1.37 bits per heavy atom. The highest BCUT2D eigenvalue weighted by Gasteiger charge is 2.09. The molecule has 0 atom stereocenters. The molecular weight excluding hydrogens is 246 g/mol. The highest BCUT2D eigenvalue weighted by atomic mass is 16.5. The highest BCUT2D eigenvalue weighted by Crippen LogP contribution is 1.97. The first kappa shape index (κ1) is 14.3. The molecule has 0 aliphatic heterocycles. The van der Waals surface area contributed by atoms with Gasteiger partial charge in [0.15, 0.2) is 5.57 Å². The van der Waals surface area contributed by atoms with Gasteiger partial charge in [-0.3, -0.25) is 10.2 Å². The van der Waals surface area contributed by atoms with E-state index in [4.69, 9.17) is 5.26 Å². The zero-order valence-corrected chi connectivity index (χ0v) is 10.3. The van der Waals surface area contributed by atoms with Crippen LogP contribution in [0.3, 0.4) is 0 Å². The Labute approximate surface area is 110 Å². The van der Waals surface area contributed by atoms with Crippen LogP contribution in [-0.2, 0) is 9.53 Å². The van der Waals surface area contributed by atoms with Gasteiger partial charge in [0.05, 0.1) is 6.61 Å². The summed E-state index contributed by atoms with van der Waals surface area (Å²) in [6, 6.07) is 10.2. The van der Waals surface area contributed by atoms with Crippen LogP contribution in [-0.4, -0.2) is 18.5 Å². The summed E-state index contributed by atoms with van der Waals surface area (Å²) in [5.41, 5.74) is 4.96. The van der Waals surface area contributed by atoms with Gasteiger partial charge in [0.2, 0.25) is 0 Å². The molecule has 1 aromatic rings. The summed E-state index contributed by atoms with van der Waals surface area (Å²) in [5.74, 6) is -1.12. The normalized spacial score (nSPS) is 10.2. The van der Waals surface area contributed by atoms with Crippen molar-refractivity contribution in [3.05, 3.63) is 47.7 Å². The maximum absolute atomic E-state index is 11.6. The molecule has 0 aliphatic rings. The summed E-state index contributed by atoms with van der Waals surface area (Å²) in [4.78, 5) is 22.9. The van der Waals surface area contributed by atoms with Crippen molar-refractivity contribution in [2.24, 2.45) is 0 Å². The lowest BCUT2D eigenvalue weighted by Crippen LogP contribution is -2.34. The number of rotatable bonds is 5. The summed E-state index contributed by atoms with van der Waals surface area (Å²) in [6.07, 6.45) is 1.08. The number of carbonyl (C=O) groups is 2. The number of amides is 1. The Morgan fingerprint density at radius 3 is 2.63 bits per heavy atom. The van der Waals surface area contributed by atoms with Crippen LogP contribution in [0.5, 0.6) is 0 Å². The average Bonchev–Trinajstić information content (AvgIpc) is 2.44. The lowest BCUT2D eigenvalue weighted by Gasteiger charge is -2.05. The van der Waals surface area contributed by atoms with E-state index in [1.54, 1.807) is 43.3 Å². The number of nitriles is 1. The first-order valence-corrected chi connectivity index (χ1v) is 5.57. The van der Waals surface area contributed by atoms with Crippen molar-refractivity contribution in [3.8, 4) is 6.07 Å². The fourth-order valence-electron chi connectivity index (χ4n) is 1.18. The third-order valence-electron chi connectivity index (χ3n) is 2.05. The molecule has 6 heteroatoms. The second-order valence-corrected chi connectivity index (χ2v) is 3.35. The average molecular weight is 259 g/mol. The quantitative estimate of drug-likeness (QED) is 0.354. The van der Waals surface area contributed by atoms with Gasteiger partial charge in [-0.15, -0.1) is 0 Å². The van der Waals surface area contributed by atoms with Crippen molar-refractivity contribution in [2.75, 3.05) is 6.61 Å². The standard InChI is InChI=1S/C13H13N3O3/c1-2-19-13(18)11(8-14)9-15-16-12(17)10-6-4-3-5-7-10/h3-7,9,15H,2H2,1H3,(H,16,17)/b11-9+. The molecule has 1 aromatic carbocycles. The molecule has 0 saturated carbocycles. The number of ether oxygens (including phenoxy) is 1. The lowest BCUT2D eigenvalue weighted by atomic mass is 10.2. The highest BCUT2D eigenvalue weighted by molar-refractivity contribution is 5.94. The maximum Gasteiger partial charge on any atom is 0.350 e. The molecule has 0 radical (unpaired) electrons. The van der Waals surface area contributed by atoms with Gasteiger partial charge in [-0.1, -0.05) is 18.2 Å². The van der Waals surface area contributed by atoms with Crippen LogP contribution in [0.25, 0.3) is 0 Å². The van der Waals surface area contributed by atoms with Gasteiger partial charge in [-0.2, -0.15) is 5.26 Å². The predicted molar refractivity (Wildman–Crippen MR) is 67.4 cm³/mol. The van der Waals surface area contributed by atoms with Crippen LogP contribution in [0.15, 0.2) is 42.1 Å². The molecule has 0 saturated heterocycles. The molecule has 1 rings (SSSR count). The Hall–Kier alpha value is -2.81. The van der Waals surface area contributed by atoms with Crippen LogP contribution >= 0.6 is 0 Å². The van der Waals surface area contributed by atoms with Crippen LogP contribution < -0.4 is 10.9 Å². The van der Waals surface area contributed by atoms with Crippen molar-refractivity contribution >= 4 is 11.9 Å². The molecule has 0 unspecified atom stereocenters. The zero-order chi connectivity index (χ0) is 14.1. The minimum absolute atomic E-state index is 0.175. The Kier molecular flexibility index (Phi) is 5.63. The minimum Gasteiger partial charge on any atom is -0.462 e. The van der Waals surface area contributed by atoms with Crippen molar-refractivity contribution in [1.82, 2.24) is 10.9 Å². The SMILES string of the molecule is CCOC(=O)/C(C#N)=C/NNC(=O)c1ccccc1. The third kappa shape index (κ3) is 4.52. The van der Waals surface area contributed by atoms with Gasteiger partial charge in [-0.05, 0) is 19.1 Å². The van der Waals surface area contributed by atoms with Gasteiger partial charge in [0, 0.05) is 11.8 Å². The number of carbonyl (C=O) groups excluding carboxylic acids is 2. The van der Waals surface area contributed by atoms with E-state index >= 15 is 0 Å². The lowest BCUT2D eigenvalue weighted by molar-refractivity contribution is -0.138. The number of hydrogen-bond acceptors (Lipinski definition) is 5. The molecular formula is C13H13N3O3. The molecule has 1 amide bonds. The van der Waals surface area contributed by atoms with E-state index in [1.807, 2.05) is 0 Å². The molecule has 0 fully saturated rings. The molecule has 98 valence electrons. The fraction of sp³-hybridized carbons (Fsp3) is 0.154. The predicted octanol–water partition coefficient (Wildman–Crippen LogP) is 0.892. The first-order valence-electron chi connectivity index (χ1n) is 5.57. The minimum atomic E-state index is -0.744. The van der Waals surface area contributed by atoms with E-state index < -0.39 is 5.97 Å². The van der Waals surface area contributed by atoms with Crippen molar-refractivity contribution in [3.63, 3.8) is 0 Å². The monoisotopic (exact) mass is 259 g/mol. The van der Waals surface area contributed by atoms with Gasteiger partial charge in [0.1, 0.15) is 6.07 Å². The van der Waals surface area contributed by atoms with Crippen LogP contribution in [0.2, 0.25) is 0 Å². The topological polar surface area (TPSA) is 91.2 Å². The van der Waals surface area contributed by atoms with Crippen LogP contribution in [0, 0.1) is 11.3 Å². The molecule has 0 heterocycles. The van der Waals surface area contributed by atoms with Gasteiger partial charge in [0.25, 0.3) is 5.91 Å². The summed E-state index contributed by atoms with van der Waals surface area (Å²) < 4.78 is 4.65. The van der Waals surface area contributed by atoms with Gasteiger partial charge < -0.3 is 10.2 Å². The number of nitrogens with zero attached hydrogens (tertiary/aromatic N) is 1. The van der Waals surface area contributed by atoms with Gasteiger partial charge in [-0.25, -0.2) is 4.79 Å². The second kappa shape index (κ2) is 7.50. The van der Waals surface area contributed by atoms with E-state index in [1.165, 1.54) is 0 Å². The van der Waals surface area contributed by atoms with Crippen LogP contribution in [0.1, 0.15) is 17.3 Å². The summed E-state index contributed by atoms with van der Waals surface area (Å²) in [7, 11) is 0. The van der Waals surface area contributed by atoms with E-state index in [2.05, 4.69) is 15.6 Å². The Balaban J connectivity index is 2.55. The number of benzene rings is 1. The molecule has 0 aliphatic carbocycles. The number of nitrogens with one attached hydrogen (secondary N) is 2. The van der Waals surface area contributed by atoms with Crippen molar-refractivity contribution in [1.29, 1.82) is 5.26 Å². The van der Waals surface area contributed by atoms with E-state index in [0.717, 1.165) is 6.20 Å². The number of hydrogen-bond donors (Lipinski definition) is 2. The molecule has 0 aromatic heterocycles. The molecule has 0 bridgehead atoms. The van der Waals surface area contributed by atoms with Crippen molar-refractivity contribution < 1.29 is 14.3 Å². The Bertz CT molecular complexity index is 518. The number of esters is 1. The van der Waals surface area contributed by atoms with Crippen molar-refractivity contribution in [2.45, 2.75) is 6.92 Å². The molecule has 2 N–H and O–H groups in total. The third-order valence-corrected chi connectivity index (χ3v) is 2.05. The molecule has 0 spiro atoms. The van der Waals surface area contributed by atoms with Crippen LogP contribution in [0.4, 0.5) is 0 Å².